The second kappa shape index (κ2) is 6.15. The van der Waals surface area contributed by atoms with Crippen LogP contribution in [0.5, 0.6) is 0 Å². The Morgan fingerprint density at radius 1 is 1.37 bits per heavy atom. The molecule has 0 spiro atoms. The van der Waals surface area contributed by atoms with Crippen LogP contribution in [0.25, 0.3) is 0 Å². The third-order valence-electron chi connectivity index (χ3n) is 3.84. The Kier molecular flexibility index (Phi) is 4.75. The summed E-state index contributed by atoms with van der Waals surface area (Å²) in [5, 5.41) is 4.35. The van der Waals surface area contributed by atoms with E-state index in [1.54, 1.807) is 0 Å². The average Bonchev–Trinajstić information content (AvgIpc) is 2.72. The second-order valence-corrected chi connectivity index (χ2v) is 6.66. The van der Waals surface area contributed by atoms with Crippen molar-refractivity contribution < 1.29 is 0 Å². The molecule has 0 radical (unpaired) electrons. The summed E-state index contributed by atoms with van der Waals surface area (Å²) in [6, 6.07) is 6.26. The van der Waals surface area contributed by atoms with Gasteiger partial charge in [-0.15, -0.1) is 0 Å². The van der Waals surface area contributed by atoms with Gasteiger partial charge in [-0.3, -0.25) is 0 Å². The van der Waals surface area contributed by atoms with Crippen molar-refractivity contribution in [1.29, 1.82) is 0 Å². The Balaban J connectivity index is 2.17. The molecule has 0 aromatic heterocycles. The molecule has 1 aromatic carbocycles. The van der Waals surface area contributed by atoms with Crippen LogP contribution in [0.1, 0.15) is 39.2 Å². The maximum absolute atomic E-state index is 6.39. The maximum Gasteiger partial charge on any atom is 0.0471 e. The van der Waals surface area contributed by atoms with Gasteiger partial charge in [-0.2, -0.15) is 0 Å². The number of rotatable bonds is 5. The molecule has 1 N–H and O–H groups in total. The molecule has 0 saturated carbocycles. The van der Waals surface area contributed by atoms with E-state index in [1.165, 1.54) is 17.7 Å². The summed E-state index contributed by atoms with van der Waals surface area (Å²) < 4.78 is 0. The Hall–Kier alpha value is -0.730. The van der Waals surface area contributed by atoms with Gasteiger partial charge >= 0.3 is 0 Å². The van der Waals surface area contributed by atoms with Gasteiger partial charge in [-0.1, -0.05) is 38.4 Å². The molecule has 106 valence electrons. The first-order chi connectivity index (χ1) is 9.03. The first kappa shape index (κ1) is 14.7. The van der Waals surface area contributed by atoms with Crippen molar-refractivity contribution in [2.45, 2.75) is 40.2 Å². The number of hydrogen-bond acceptors (Lipinski definition) is 2. The van der Waals surface area contributed by atoms with Crippen molar-refractivity contribution in [3.63, 3.8) is 0 Å². The molecule has 19 heavy (non-hydrogen) atoms. The van der Waals surface area contributed by atoms with Gasteiger partial charge in [0, 0.05) is 35.9 Å². The zero-order valence-electron chi connectivity index (χ0n) is 12.3. The summed E-state index contributed by atoms with van der Waals surface area (Å²) in [6.45, 7) is 11.0. The van der Waals surface area contributed by atoms with Gasteiger partial charge in [0.05, 0.1) is 0 Å². The monoisotopic (exact) mass is 280 g/mol. The van der Waals surface area contributed by atoms with Gasteiger partial charge in [0.2, 0.25) is 0 Å². The standard InChI is InChI=1S/C16H25ClN2/c1-4-9-18-11-13-14(17)6-5-7-15(13)19-10-8-16(2,3)12-19/h5-7,18H,4,8-12H2,1-3H3. The predicted octanol–water partition coefficient (Wildman–Crippen LogP) is 4.08. The van der Waals surface area contributed by atoms with Crippen molar-refractivity contribution in [3.8, 4) is 0 Å². The Morgan fingerprint density at radius 2 is 2.16 bits per heavy atom. The van der Waals surface area contributed by atoms with Crippen molar-refractivity contribution in [2.24, 2.45) is 5.41 Å². The van der Waals surface area contributed by atoms with Crippen molar-refractivity contribution in [1.82, 2.24) is 5.32 Å². The van der Waals surface area contributed by atoms with Gasteiger partial charge in [-0.25, -0.2) is 0 Å². The van der Waals surface area contributed by atoms with E-state index in [0.717, 1.165) is 37.6 Å². The Bertz CT molecular complexity index is 429. The van der Waals surface area contributed by atoms with Gasteiger partial charge < -0.3 is 10.2 Å². The van der Waals surface area contributed by atoms with E-state index in [9.17, 15) is 0 Å². The SMILES string of the molecule is CCCNCc1c(Cl)cccc1N1CCC(C)(C)C1. The first-order valence-corrected chi connectivity index (χ1v) is 7.64. The van der Waals surface area contributed by atoms with E-state index in [4.69, 9.17) is 11.6 Å². The minimum Gasteiger partial charge on any atom is -0.371 e. The lowest BCUT2D eigenvalue weighted by molar-refractivity contribution is 0.418. The van der Waals surface area contributed by atoms with Crippen LogP contribution in [0.3, 0.4) is 0 Å². The average molecular weight is 281 g/mol. The van der Waals surface area contributed by atoms with E-state index in [1.807, 2.05) is 6.07 Å². The van der Waals surface area contributed by atoms with Crippen molar-refractivity contribution in [3.05, 3.63) is 28.8 Å². The van der Waals surface area contributed by atoms with Crippen molar-refractivity contribution >= 4 is 17.3 Å². The number of anilines is 1. The molecule has 1 aliphatic rings. The van der Waals surface area contributed by atoms with Crippen LogP contribution in [0.4, 0.5) is 5.69 Å². The van der Waals surface area contributed by atoms with Crippen LogP contribution in [0.2, 0.25) is 5.02 Å². The molecule has 3 heteroatoms. The fourth-order valence-electron chi connectivity index (χ4n) is 2.73. The molecule has 0 aliphatic carbocycles. The van der Waals surface area contributed by atoms with E-state index in [-0.39, 0.29) is 0 Å². The molecular weight excluding hydrogens is 256 g/mol. The van der Waals surface area contributed by atoms with Crippen LogP contribution in [0.15, 0.2) is 18.2 Å². The lowest BCUT2D eigenvalue weighted by Crippen LogP contribution is -2.25. The van der Waals surface area contributed by atoms with Gasteiger partial charge in [0.25, 0.3) is 0 Å². The van der Waals surface area contributed by atoms with Crippen molar-refractivity contribution in [2.75, 3.05) is 24.5 Å². The van der Waals surface area contributed by atoms with Gasteiger partial charge in [-0.05, 0) is 36.9 Å². The fraction of sp³-hybridized carbons (Fsp3) is 0.625. The highest BCUT2D eigenvalue weighted by Gasteiger charge is 2.30. The van der Waals surface area contributed by atoms with Crippen LogP contribution in [-0.2, 0) is 6.54 Å². The van der Waals surface area contributed by atoms with Crippen LogP contribution in [0, 0.1) is 5.41 Å². The van der Waals surface area contributed by atoms with E-state index in [2.05, 4.69) is 43.1 Å². The van der Waals surface area contributed by atoms with Crippen LogP contribution < -0.4 is 10.2 Å². The zero-order chi connectivity index (χ0) is 13.9. The topological polar surface area (TPSA) is 15.3 Å². The number of nitrogens with zero attached hydrogens (tertiary/aromatic N) is 1. The lowest BCUT2D eigenvalue weighted by atomic mass is 9.93. The third kappa shape index (κ3) is 3.64. The summed E-state index contributed by atoms with van der Waals surface area (Å²) in [6.07, 6.45) is 2.40. The highest BCUT2D eigenvalue weighted by molar-refractivity contribution is 6.31. The molecule has 1 aliphatic heterocycles. The minimum atomic E-state index is 0.413. The molecule has 0 amide bonds. The summed E-state index contributed by atoms with van der Waals surface area (Å²) in [5.41, 5.74) is 2.97. The number of benzene rings is 1. The van der Waals surface area contributed by atoms with Crippen LogP contribution >= 0.6 is 11.6 Å². The summed E-state index contributed by atoms with van der Waals surface area (Å²) >= 11 is 6.39. The zero-order valence-corrected chi connectivity index (χ0v) is 13.1. The van der Waals surface area contributed by atoms with E-state index < -0.39 is 0 Å². The first-order valence-electron chi connectivity index (χ1n) is 7.26. The van der Waals surface area contributed by atoms with Gasteiger partial charge in [0.1, 0.15) is 0 Å². The smallest absolute Gasteiger partial charge is 0.0471 e. The summed E-state index contributed by atoms with van der Waals surface area (Å²) in [7, 11) is 0. The molecule has 1 heterocycles. The van der Waals surface area contributed by atoms with Crippen LogP contribution in [-0.4, -0.2) is 19.6 Å². The molecular formula is C16H25ClN2. The summed E-state index contributed by atoms with van der Waals surface area (Å²) in [5.74, 6) is 0. The van der Waals surface area contributed by atoms with Gasteiger partial charge in [0.15, 0.2) is 0 Å². The quantitative estimate of drug-likeness (QED) is 0.818. The Morgan fingerprint density at radius 3 is 2.79 bits per heavy atom. The number of hydrogen-bond donors (Lipinski definition) is 1. The largest absolute Gasteiger partial charge is 0.371 e. The maximum atomic E-state index is 6.39. The normalized spacial score (nSPS) is 18.0. The third-order valence-corrected chi connectivity index (χ3v) is 4.19. The fourth-order valence-corrected chi connectivity index (χ4v) is 2.96. The second-order valence-electron chi connectivity index (χ2n) is 6.25. The molecule has 2 nitrogen and oxygen atoms in total. The molecule has 0 atom stereocenters. The van der Waals surface area contributed by atoms with E-state index >= 15 is 0 Å². The lowest BCUT2D eigenvalue weighted by Gasteiger charge is -2.25. The summed E-state index contributed by atoms with van der Waals surface area (Å²) in [4.78, 5) is 2.48. The van der Waals surface area contributed by atoms with E-state index in [0.29, 0.717) is 5.41 Å². The highest BCUT2D eigenvalue weighted by Crippen LogP contribution is 2.36. The minimum absolute atomic E-state index is 0.413. The number of halogens is 1. The number of nitrogens with one attached hydrogen (secondary N) is 1. The Labute approximate surface area is 122 Å². The highest BCUT2D eigenvalue weighted by atomic mass is 35.5. The molecule has 0 bridgehead atoms. The molecule has 0 unspecified atom stereocenters. The molecule has 1 saturated heterocycles. The molecule has 1 aromatic rings. The predicted molar refractivity (Wildman–Crippen MR) is 84.1 cm³/mol. The molecule has 1 fully saturated rings. The molecule has 2 rings (SSSR count).